The molecule has 0 saturated heterocycles. The quantitative estimate of drug-likeness (QED) is 0.0879. The molecule has 0 amide bonds. The maximum absolute atomic E-state index is 11.7. The standard InChI is InChI=1S/2C15H24N2O3S.Ca/c2*1-2-3-4-5-6-9-12-15(21(18,19)20)16-13-10-7-8-11-14(13)17-15;/h2*7-8,10-11,16-17H,2-6,9,12H2,1H3,(H,18,19,20);/q;;+2/p-2. The van der Waals surface area contributed by atoms with Gasteiger partial charge in [0.05, 0.1) is 22.7 Å². The van der Waals surface area contributed by atoms with Crippen LogP contribution in [0, 0.1) is 0 Å². The number of fused-ring (bicyclic) bond motifs is 2. The summed E-state index contributed by atoms with van der Waals surface area (Å²) in [6.45, 7) is 4.31. The molecule has 0 aromatic heterocycles. The van der Waals surface area contributed by atoms with E-state index in [1.807, 2.05) is 24.3 Å². The SMILES string of the molecule is CCCCCCCCC1(S(=O)(=O)[O-])Nc2ccccc2N1.CCCCCCCCC1(S(=O)(=O)[O-])Nc2ccccc2N1.[Ca+2]. The van der Waals surface area contributed by atoms with Gasteiger partial charge in [0.2, 0.25) is 9.99 Å². The molecule has 4 rings (SSSR count). The maximum atomic E-state index is 11.7. The van der Waals surface area contributed by atoms with E-state index in [2.05, 4.69) is 35.1 Å². The molecule has 0 radical (unpaired) electrons. The molecule has 4 N–H and O–H groups in total. The number of hydrogen-bond donors (Lipinski definition) is 4. The molecule has 2 aromatic rings. The third-order valence-electron chi connectivity index (χ3n) is 7.82. The predicted molar refractivity (Wildman–Crippen MR) is 174 cm³/mol. The van der Waals surface area contributed by atoms with Crippen LogP contribution in [0.1, 0.15) is 104 Å². The summed E-state index contributed by atoms with van der Waals surface area (Å²) in [4.78, 5) is -3.19. The fraction of sp³-hybridized carbons (Fsp3) is 0.600. The molecule has 2 aliphatic heterocycles. The summed E-state index contributed by atoms with van der Waals surface area (Å²) >= 11 is 0. The molecular formula is C30H46CaN4O6S2. The smallest absolute Gasteiger partial charge is 0.745 e. The molecular weight excluding hydrogens is 617 g/mol. The summed E-state index contributed by atoms with van der Waals surface area (Å²) in [6.07, 6.45) is 13.1. The molecule has 13 heteroatoms. The second kappa shape index (κ2) is 17.4. The minimum atomic E-state index is -4.50. The van der Waals surface area contributed by atoms with Crippen molar-refractivity contribution in [3.8, 4) is 0 Å². The topological polar surface area (TPSA) is 163 Å². The average molecular weight is 663 g/mol. The van der Waals surface area contributed by atoms with E-state index in [9.17, 15) is 25.9 Å². The Bertz CT molecular complexity index is 1200. The van der Waals surface area contributed by atoms with Gasteiger partial charge in [-0.3, -0.25) is 0 Å². The van der Waals surface area contributed by atoms with Crippen LogP contribution in [0.2, 0.25) is 0 Å². The molecule has 0 spiro atoms. The average Bonchev–Trinajstić information content (AvgIpc) is 3.52. The van der Waals surface area contributed by atoms with E-state index in [4.69, 9.17) is 0 Å². The van der Waals surface area contributed by atoms with E-state index < -0.39 is 30.2 Å². The van der Waals surface area contributed by atoms with Crippen LogP contribution < -0.4 is 21.3 Å². The van der Waals surface area contributed by atoms with E-state index in [0.29, 0.717) is 35.6 Å². The van der Waals surface area contributed by atoms with Gasteiger partial charge in [-0.1, -0.05) is 102 Å². The zero-order valence-corrected chi connectivity index (χ0v) is 29.3. The zero-order valence-electron chi connectivity index (χ0n) is 25.5. The van der Waals surface area contributed by atoms with E-state index in [-0.39, 0.29) is 50.6 Å². The van der Waals surface area contributed by atoms with Crippen molar-refractivity contribution in [2.45, 2.75) is 114 Å². The first-order chi connectivity index (χ1) is 20.0. The molecule has 0 fully saturated rings. The van der Waals surface area contributed by atoms with E-state index >= 15 is 0 Å². The Morgan fingerprint density at radius 2 is 0.767 bits per heavy atom. The number of benzene rings is 2. The van der Waals surface area contributed by atoms with E-state index in [0.717, 1.165) is 38.5 Å². The summed E-state index contributed by atoms with van der Waals surface area (Å²) in [5.41, 5.74) is 2.68. The monoisotopic (exact) mass is 662 g/mol. The first-order valence-corrected chi connectivity index (χ1v) is 18.0. The summed E-state index contributed by atoms with van der Waals surface area (Å²) in [6, 6.07) is 14.3. The second-order valence-corrected chi connectivity index (χ2v) is 14.4. The number of para-hydroxylation sites is 4. The van der Waals surface area contributed by atoms with Crippen molar-refractivity contribution < 1.29 is 25.9 Å². The first-order valence-electron chi connectivity index (χ1n) is 15.2. The summed E-state index contributed by atoms with van der Waals surface area (Å²) in [7, 11) is -9.00. The molecule has 0 atom stereocenters. The molecule has 0 unspecified atom stereocenters. The van der Waals surface area contributed by atoms with Crippen LogP contribution in [0.25, 0.3) is 0 Å². The van der Waals surface area contributed by atoms with Crippen LogP contribution in [-0.4, -0.2) is 73.7 Å². The zero-order chi connectivity index (χ0) is 30.7. The van der Waals surface area contributed by atoms with Crippen LogP contribution in [-0.2, 0) is 20.2 Å². The van der Waals surface area contributed by atoms with Crippen molar-refractivity contribution in [1.82, 2.24) is 0 Å². The minimum absolute atomic E-state index is 0. The number of nitrogens with one attached hydrogen (secondary N) is 4. The normalized spacial score (nSPS) is 15.7. The summed E-state index contributed by atoms with van der Waals surface area (Å²) in [5, 5.41) is 11.5. The number of unbranched alkanes of at least 4 members (excludes halogenated alkanes) is 10. The molecule has 2 aromatic carbocycles. The van der Waals surface area contributed by atoms with Gasteiger partial charge in [-0.15, -0.1) is 0 Å². The van der Waals surface area contributed by atoms with Crippen LogP contribution in [0.5, 0.6) is 0 Å². The summed E-state index contributed by atoms with van der Waals surface area (Å²) in [5.74, 6) is 0. The van der Waals surface area contributed by atoms with Crippen molar-refractivity contribution in [3.63, 3.8) is 0 Å². The maximum Gasteiger partial charge on any atom is 2.00 e. The van der Waals surface area contributed by atoms with Gasteiger partial charge in [0.1, 0.15) is 20.2 Å². The second-order valence-electron chi connectivity index (χ2n) is 11.2. The molecule has 10 nitrogen and oxygen atoms in total. The third kappa shape index (κ3) is 10.4. The molecule has 236 valence electrons. The van der Waals surface area contributed by atoms with Gasteiger partial charge >= 0.3 is 37.7 Å². The largest absolute Gasteiger partial charge is 2.00 e. The molecule has 43 heavy (non-hydrogen) atoms. The van der Waals surface area contributed by atoms with Gasteiger partial charge in [-0.2, -0.15) is 0 Å². The summed E-state index contributed by atoms with van der Waals surface area (Å²) < 4.78 is 70.3. The minimum Gasteiger partial charge on any atom is -0.745 e. The fourth-order valence-corrected chi connectivity index (χ4v) is 7.12. The molecule has 0 bridgehead atoms. The molecule has 0 aliphatic carbocycles. The van der Waals surface area contributed by atoms with E-state index in [1.54, 1.807) is 24.3 Å². The van der Waals surface area contributed by atoms with Gasteiger partial charge in [0.25, 0.3) is 0 Å². The van der Waals surface area contributed by atoms with Gasteiger partial charge in [-0.25, -0.2) is 16.8 Å². The van der Waals surface area contributed by atoms with Crippen LogP contribution in [0.4, 0.5) is 22.7 Å². The van der Waals surface area contributed by atoms with Gasteiger partial charge < -0.3 is 30.4 Å². The molecule has 0 saturated carbocycles. The van der Waals surface area contributed by atoms with Crippen LogP contribution in [0.3, 0.4) is 0 Å². The number of anilines is 4. The van der Waals surface area contributed by atoms with Crippen molar-refractivity contribution >= 4 is 80.7 Å². The van der Waals surface area contributed by atoms with Crippen molar-refractivity contribution in [3.05, 3.63) is 48.5 Å². The van der Waals surface area contributed by atoms with Crippen LogP contribution >= 0.6 is 0 Å². The Hall–Kier alpha value is -1.28. The Kier molecular flexibility index (Phi) is 15.4. The van der Waals surface area contributed by atoms with Crippen molar-refractivity contribution in [2.75, 3.05) is 21.3 Å². The Labute approximate surface area is 288 Å². The molecule has 2 aliphatic rings. The Morgan fingerprint density at radius 1 is 0.512 bits per heavy atom. The Balaban J connectivity index is 0.000000293. The van der Waals surface area contributed by atoms with Crippen molar-refractivity contribution in [2.24, 2.45) is 0 Å². The predicted octanol–water partition coefficient (Wildman–Crippen LogP) is 6.57. The fourth-order valence-electron chi connectivity index (χ4n) is 5.39. The Morgan fingerprint density at radius 3 is 1.02 bits per heavy atom. The van der Waals surface area contributed by atoms with Crippen molar-refractivity contribution in [1.29, 1.82) is 0 Å². The van der Waals surface area contributed by atoms with E-state index in [1.165, 1.54) is 25.7 Å². The van der Waals surface area contributed by atoms with Crippen LogP contribution in [0.15, 0.2) is 48.5 Å². The van der Waals surface area contributed by atoms with Gasteiger partial charge in [-0.05, 0) is 37.1 Å². The number of rotatable bonds is 16. The number of hydrogen-bond acceptors (Lipinski definition) is 10. The van der Waals surface area contributed by atoms with Gasteiger partial charge in [0.15, 0.2) is 0 Å². The molecule has 2 heterocycles. The first kappa shape index (κ1) is 37.9. The van der Waals surface area contributed by atoms with Gasteiger partial charge in [0, 0.05) is 12.8 Å². The third-order valence-corrected chi connectivity index (χ3v) is 10.3.